The summed E-state index contributed by atoms with van der Waals surface area (Å²) in [7, 11) is 0. The number of nitrogens with one attached hydrogen (secondary N) is 1. The van der Waals surface area contributed by atoms with Crippen LogP contribution in [0.4, 0.5) is 14.6 Å². The zero-order chi connectivity index (χ0) is 25.0. The lowest BCUT2D eigenvalue weighted by Gasteiger charge is -2.38. The van der Waals surface area contributed by atoms with Gasteiger partial charge in [-0.3, -0.25) is 4.98 Å². The van der Waals surface area contributed by atoms with Gasteiger partial charge < -0.3 is 15.1 Å². The normalized spacial score (nSPS) is 17.7. The Bertz CT molecular complexity index is 1510. The third-order valence-electron chi connectivity index (χ3n) is 7.15. The summed E-state index contributed by atoms with van der Waals surface area (Å²) in [5, 5.41) is 4.95. The number of hydrogen-bond donors (Lipinski definition) is 1. The molecule has 1 atom stereocenters. The molecule has 0 spiro atoms. The Balaban J connectivity index is 1.44. The fourth-order valence-corrected chi connectivity index (χ4v) is 5.11. The molecule has 36 heavy (non-hydrogen) atoms. The predicted octanol–water partition coefficient (Wildman–Crippen LogP) is 4.60. The minimum Gasteiger partial charge on any atom is -0.370 e. The number of nitrogens with zero attached hydrogens (tertiary/aromatic N) is 5. The third-order valence-corrected chi connectivity index (χ3v) is 7.15. The maximum absolute atomic E-state index is 16.2. The molecule has 2 saturated heterocycles. The van der Waals surface area contributed by atoms with E-state index in [4.69, 9.17) is 4.98 Å². The largest absolute Gasteiger partial charge is 0.370 e. The van der Waals surface area contributed by atoms with Crippen molar-refractivity contribution in [3.63, 3.8) is 0 Å². The molecule has 2 aromatic carbocycles. The van der Waals surface area contributed by atoms with Gasteiger partial charge in [-0.1, -0.05) is 31.7 Å². The Morgan fingerprint density at radius 2 is 1.92 bits per heavy atom. The van der Waals surface area contributed by atoms with Crippen LogP contribution in [0.5, 0.6) is 0 Å². The maximum atomic E-state index is 16.2. The molecule has 4 heterocycles. The predicted molar refractivity (Wildman–Crippen MR) is 139 cm³/mol. The summed E-state index contributed by atoms with van der Waals surface area (Å²) in [5.41, 5.74) is 2.80. The van der Waals surface area contributed by atoms with E-state index in [9.17, 15) is 4.39 Å². The lowest BCUT2D eigenvalue weighted by Crippen LogP contribution is -2.47. The van der Waals surface area contributed by atoms with Crippen LogP contribution >= 0.6 is 0 Å². The number of piperazine rings is 1. The van der Waals surface area contributed by atoms with Gasteiger partial charge in [-0.25, -0.2) is 18.7 Å². The molecule has 2 aliphatic rings. The number of benzene rings is 2. The molecule has 8 heteroatoms. The first-order valence-electron chi connectivity index (χ1n) is 12.4. The van der Waals surface area contributed by atoms with Crippen LogP contribution in [0.2, 0.25) is 0 Å². The van der Waals surface area contributed by atoms with Gasteiger partial charge in [-0.2, -0.15) is 0 Å². The van der Waals surface area contributed by atoms with Gasteiger partial charge in [-0.05, 0) is 30.0 Å². The second-order valence-corrected chi connectivity index (χ2v) is 9.58. The number of aromatic nitrogens is 3. The van der Waals surface area contributed by atoms with Crippen molar-refractivity contribution in [2.24, 2.45) is 0 Å². The zero-order valence-corrected chi connectivity index (χ0v) is 20.5. The Morgan fingerprint density at radius 1 is 1.14 bits per heavy atom. The second kappa shape index (κ2) is 8.78. The van der Waals surface area contributed by atoms with Crippen LogP contribution in [0, 0.1) is 18.6 Å². The van der Waals surface area contributed by atoms with E-state index in [2.05, 4.69) is 31.7 Å². The number of anilines is 1. The smallest absolute Gasteiger partial charge is 0.175 e. The molecule has 2 aromatic heterocycles. The highest BCUT2D eigenvalue weighted by molar-refractivity contribution is 5.99. The van der Waals surface area contributed by atoms with Crippen LogP contribution in [-0.2, 0) is 6.42 Å². The highest BCUT2D eigenvalue weighted by atomic mass is 19.1. The van der Waals surface area contributed by atoms with Crippen molar-refractivity contribution in [3.05, 3.63) is 71.8 Å². The highest BCUT2D eigenvalue weighted by Gasteiger charge is 2.30. The zero-order valence-electron chi connectivity index (χ0n) is 20.5. The van der Waals surface area contributed by atoms with Crippen LogP contribution in [0.3, 0.4) is 0 Å². The molecule has 1 N–H and O–H groups in total. The summed E-state index contributed by atoms with van der Waals surface area (Å²) in [6, 6.07) is 8.95. The molecule has 2 aliphatic heterocycles. The molecule has 6 nitrogen and oxygen atoms in total. The molecule has 0 radical (unpaired) electrons. The lowest BCUT2D eigenvalue weighted by atomic mass is 9.97. The monoisotopic (exact) mass is 486 g/mol. The number of rotatable bonds is 5. The minimum absolute atomic E-state index is 0.103. The van der Waals surface area contributed by atoms with Gasteiger partial charge >= 0.3 is 0 Å². The van der Waals surface area contributed by atoms with Gasteiger partial charge in [0.25, 0.3) is 0 Å². The van der Waals surface area contributed by atoms with E-state index in [0.29, 0.717) is 45.8 Å². The number of fused-ring (bicyclic) bond motifs is 2. The average molecular weight is 487 g/mol. The Kier molecular flexibility index (Phi) is 5.56. The first kappa shape index (κ1) is 22.8. The summed E-state index contributed by atoms with van der Waals surface area (Å²) >= 11 is 0. The molecule has 184 valence electrons. The quantitative estimate of drug-likeness (QED) is 0.416. The third kappa shape index (κ3) is 3.86. The molecule has 0 aliphatic carbocycles. The molecule has 0 bridgehead atoms. The Labute approximate surface area is 208 Å². The van der Waals surface area contributed by atoms with E-state index < -0.39 is 11.6 Å². The van der Waals surface area contributed by atoms with E-state index in [0.717, 1.165) is 44.0 Å². The molecular formula is C28H28F2N6. The van der Waals surface area contributed by atoms with E-state index in [1.807, 2.05) is 26.0 Å². The summed E-state index contributed by atoms with van der Waals surface area (Å²) in [5.74, 6) is 0.322. The van der Waals surface area contributed by atoms with Gasteiger partial charge in [0, 0.05) is 62.0 Å². The number of pyridine rings is 1. The Hall–Kier alpha value is -3.65. The standard InChI is InChI=1S/C28H28F2N6/c1-4-23-33-27-20(28(34-23)36-10-8-35(9-11-36)17(3)22-15-31-22)14-32-26(25(27)30)19-13-16(2)12-18-6-5-7-21(29)24(18)19/h5-7,12-14,22,31H,3-4,8-11,15H2,1-2H3. The van der Waals surface area contributed by atoms with Crippen molar-refractivity contribution in [2.75, 3.05) is 37.6 Å². The summed E-state index contributed by atoms with van der Waals surface area (Å²) < 4.78 is 31.0. The molecule has 2 fully saturated rings. The van der Waals surface area contributed by atoms with Gasteiger partial charge in [0.05, 0.1) is 11.4 Å². The number of halogens is 2. The maximum Gasteiger partial charge on any atom is 0.175 e. The van der Waals surface area contributed by atoms with Gasteiger partial charge in [0.1, 0.15) is 28.7 Å². The van der Waals surface area contributed by atoms with E-state index >= 15 is 4.39 Å². The van der Waals surface area contributed by atoms with Gasteiger partial charge in [-0.15, -0.1) is 0 Å². The Morgan fingerprint density at radius 3 is 2.64 bits per heavy atom. The SMILES string of the molecule is C=C(C1CN1)N1CCN(c2nc(CC)nc3c(F)c(-c4cc(C)cc5cccc(F)c45)ncc23)CC1. The van der Waals surface area contributed by atoms with Crippen LogP contribution in [0.15, 0.2) is 48.8 Å². The summed E-state index contributed by atoms with van der Waals surface area (Å²) in [4.78, 5) is 18.3. The van der Waals surface area contributed by atoms with E-state index in [-0.39, 0.29) is 11.2 Å². The van der Waals surface area contributed by atoms with Crippen molar-refractivity contribution in [2.45, 2.75) is 26.3 Å². The van der Waals surface area contributed by atoms with Crippen molar-refractivity contribution in [3.8, 4) is 11.3 Å². The van der Waals surface area contributed by atoms with Crippen LogP contribution < -0.4 is 10.2 Å². The fraction of sp³-hybridized carbons (Fsp3) is 0.321. The fourth-order valence-electron chi connectivity index (χ4n) is 5.11. The van der Waals surface area contributed by atoms with E-state index in [1.54, 1.807) is 18.3 Å². The van der Waals surface area contributed by atoms with Gasteiger partial charge in [0.2, 0.25) is 0 Å². The van der Waals surface area contributed by atoms with Gasteiger partial charge in [0.15, 0.2) is 5.82 Å². The molecule has 4 aromatic rings. The van der Waals surface area contributed by atoms with Crippen molar-refractivity contribution < 1.29 is 8.78 Å². The van der Waals surface area contributed by atoms with Crippen molar-refractivity contribution >= 4 is 27.5 Å². The molecule has 0 amide bonds. The first-order valence-corrected chi connectivity index (χ1v) is 12.4. The first-order chi connectivity index (χ1) is 17.4. The van der Waals surface area contributed by atoms with Crippen molar-refractivity contribution in [1.82, 2.24) is 25.2 Å². The highest BCUT2D eigenvalue weighted by Crippen LogP contribution is 2.36. The summed E-state index contributed by atoms with van der Waals surface area (Å²) in [6.45, 7) is 12.2. The molecule has 0 saturated carbocycles. The number of hydrogen-bond acceptors (Lipinski definition) is 6. The molecule has 1 unspecified atom stereocenters. The average Bonchev–Trinajstić information content (AvgIpc) is 3.73. The molecular weight excluding hydrogens is 458 g/mol. The van der Waals surface area contributed by atoms with Crippen LogP contribution in [0.1, 0.15) is 18.3 Å². The van der Waals surface area contributed by atoms with Crippen molar-refractivity contribution in [1.29, 1.82) is 0 Å². The summed E-state index contributed by atoms with van der Waals surface area (Å²) in [6.07, 6.45) is 2.21. The van der Waals surface area contributed by atoms with Crippen LogP contribution in [0.25, 0.3) is 32.9 Å². The van der Waals surface area contributed by atoms with Crippen LogP contribution in [-0.4, -0.2) is 58.6 Å². The second-order valence-electron chi connectivity index (χ2n) is 9.58. The topological polar surface area (TPSA) is 67.1 Å². The molecule has 6 rings (SSSR count). The minimum atomic E-state index is -0.548. The lowest BCUT2D eigenvalue weighted by molar-refractivity contribution is 0.315. The number of aryl methyl sites for hydroxylation is 2. The van der Waals surface area contributed by atoms with E-state index in [1.165, 1.54) is 6.07 Å².